The second kappa shape index (κ2) is 5.21. The van der Waals surface area contributed by atoms with Crippen molar-refractivity contribution in [3.63, 3.8) is 0 Å². The third-order valence-corrected chi connectivity index (χ3v) is 3.45. The lowest BCUT2D eigenvalue weighted by atomic mass is 9.98. The smallest absolute Gasteiger partial charge is 0.143 e. The third kappa shape index (κ3) is 2.62. The van der Waals surface area contributed by atoms with Gasteiger partial charge in [0.15, 0.2) is 0 Å². The summed E-state index contributed by atoms with van der Waals surface area (Å²) in [7, 11) is 0. The molecule has 0 fully saturated rings. The Balaban J connectivity index is 2.47. The predicted molar refractivity (Wildman–Crippen MR) is 74.1 cm³/mol. The van der Waals surface area contributed by atoms with Gasteiger partial charge in [-0.15, -0.1) is 0 Å². The van der Waals surface area contributed by atoms with Crippen LogP contribution in [0, 0.1) is 19.7 Å². The highest BCUT2D eigenvalue weighted by Gasteiger charge is 2.17. The van der Waals surface area contributed by atoms with Crippen LogP contribution in [0.3, 0.4) is 0 Å². The van der Waals surface area contributed by atoms with Crippen LogP contribution in [0.4, 0.5) is 4.39 Å². The second-order valence-corrected chi connectivity index (χ2v) is 5.32. The number of aliphatic hydroxyl groups excluding tert-OH is 1. The number of hydrogen-bond acceptors (Lipinski definition) is 1. The fourth-order valence-electron chi connectivity index (χ4n) is 2.08. The van der Waals surface area contributed by atoms with Crippen molar-refractivity contribution in [1.82, 2.24) is 0 Å². The summed E-state index contributed by atoms with van der Waals surface area (Å²) in [6.07, 6.45) is -0.943. The zero-order chi connectivity index (χ0) is 13.3. The molecule has 1 N–H and O–H groups in total. The maximum Gasteiger partial charge on any atom is 0.143 e. The fourth-order valence-corrected chi connectivity index (χ4v) is 2.46. The monoisotopic (exact) mass is 308 g/mol. The Kier molecular flexibility index (Phi) is 3.83. The van der Waals surface area contributed by atoms with Crippen molar-refractivity contribution < 1.29 is 9.50 Å². The summed E-state index contributed by atoms with van der Waals surface area (Å²) in [5, 5.41) is 10.3. The number of rotatable bonds is 2. The average molecular weight is 309 g/mol. The molecule has 0 radical (unpaired) electrons. The average Bonchev–Trinajstić information content (AvgIpc) is 2.30. The SMILES string of the molecule is Cc1cc(C)cc(C(O)c2cccc(Br)c2F)c1. The Morgan fingerprint density at radius 2 is 1.72 bits per heavy atom. The minimum atomic E-state index is -0.943. The van der Waals surface area contributed by atoms with Crippen LogP contribution < -0.4 is 0 Å². The molecule has 0 spiro atoms. The molecule has 0 aliphatic rings. The molecule has 0 aliphatic heterocycles. The Labute approximate surface area is 114 Å². The van der Waals surface area contributed by atoms with Crippen LogP contribution in [0.25, 0.3) is 0 Å². The van der Waals surface area contributed by atoms with Crippen molar-refractivity contribution in [2.75, 3.05) is 0 Å². The minimum absolute atomic E-state index is 0.286. The van der Waals surface area contributed by atoms with Gasteiger partial charge in [-0.25, -0.2) is 4.39 Å². The molecule has 1 unspecified atom stereocenters. The molecule has 0 saturated heterocycles. The van der Waals surface area contributed by atoms with E-state index in [-0.39, 0.29) is 5.56 Å². The zero-order valence-electron chi connectivity index (χ0n) is 10.2. The van der Waals surface area contributed by atoms with Crippen LogP contribution in [0.2, 0.25) is 0 Å². The number of hydrogen-bond donors (Lipinski definition) is 1. The maximum atomic E-state index is 13.9. The molecule has 94 valence electrons. The summed E-state index contributed by atoms with van der Waals surface area (Å²) in [6.45, 7) is 3.92. The number of aliphatic hydroxyl groups is 1. The van der Waals surface area contributed by atoms with Crippen molar-refractivity contribution in [1.29, 1.82) is 0 Å². The summed E-state index contributed by atoms with van der Waals surface area (Å²) in [5.74, 6) is -0.413. The molecular weight excluding hydrogens is 295 g/mol. The molecule has 18 heavy (non-hydrogen) atoms. The van der Waals surface area contributed by atoms with E-state index in [0.717, 1.165) is 11.1 Å². The van der Waals surface area contributed by atoms with Crippen LogP contribution in [-0.2, 0) is 0 Å². The van der Waals surface area contributed by atoms with E-state index >= 15 is 0 Å². The molecule has 1 atom stereocenters. The third-order valence-electron chi connectivity index (χ3n) is 2.84. The highest BCUT2D eigenvalue weighted by atomic mass is 79.9. The van der Waals surface area contributed by atoms with Crippen molar-refractivity contribution in [3.8, 4) is 0 Å². The van der Waals surface area contributed by atoms with E-state index < -0.39 is 11.9 Å². The van der Waals surface area contributed by atoms with E-state index in [1.54, 1.807) is 18.2 Å². The highest BCUT2D eigenvalue weighted by molar-refractivity contribution is 9.10. The number of benzene rings is 2. The van der Waals surface area contributed by atoms with Crippen LogP contribution >= 0.6 is 15.9 Å². The first-order chi connectivity index (χ1) is 8.49. The summed E-state index contributed by atoms with van der Waals surface area (Å²) >= 11 is 3.13. The first-order valence-corrected chi connectivity index (χ1v) is 6.48. The zero-order valence-corrected chi connectivity index (χ0v) is 11.8. The molecule has 0 aromatic heterocycles. The van der Waals surface area contributed by atoms with Gasteiger partial charge >= 0.3 is 0 Å². The Hall–Kier alpha value is -1.19. The van der Waals surface area contributed by atoms with Crippen LogP contribution in [-0.4, -0.2) is 5.11 Å². The maximum absolute atomic E-state index is 13.9. The summed E-state index contributed by atoms with van der Waals surface area (Å²) < 4.78 is 14.3. The van der Waals surface area contributed by atoms with Crippen molar-refractivity contribution in [2.45, 2.75) is 20.0 Å². The van der Waals surface area contributed by atoms with Gasteiger partial charge in [0.05, 0.1) is 4.47 Å². The first-order valence-electron chi connectivity index (χ1n) is 5.69. The molecule has 2 aromatic rings. The molecule has 2 aromatic carbocycles. The van der Waals surface area contributed by atoms with Crippen molar-refractivity contribution >= 4 is 15.9 Å². The standard InChI is InChI=1S/C15H14BrFO/c1-9-6-10(2)8-11(7-9)15(18)12-4-3-5-13(16)14(12)17/h3-8,15,18H,1-2H3. The van der Waals surface area contributed by atoms with Gasteiger partial charge in [-0.05, 0) is 41.4 Å². The summed E-state index contributed by atoms with van der Waals surface area (Å²) in [5.41, 5.74) is 3.11. The molecule has 0 saturated carbocycles. The normalized spacial score (nSPS) is 12.5. The van der Waals surface area contributed by atoms with E-state index in [2.05, 4.69) is 15.9 Å². The molecule has 0 aliphatic carbocycles. The predicted octanol–water partition coefficient (Wildman–Crippen LogP) is 4.29. The largest absolute Gasteiger partial charge is 0.384 e. The lowest BCUT2D eigenvalue weighted by Gasteiger charge is -2.14. The van der Waals surface area contributed by atoms with Crippen LogP contribution in [0.1, 0.15) is 28.4 Å². The van der Waals surface area contributed by atoms with Crippen molar-refractivity contribution in [2.24, 2.45) is 0 Å². The molecular formula is C15H14BrFO. The molecule has 3 heteroatoms. The van der Waals surface area contributed by atoms with Gasteiger partial charge < -0.3 is 5.11 Å². The molecule has 0 heterocycles. The topological polar surface area (TPSA) is 20.2 Å². The number of halogens is 2. The molecule has 0 amide bonds. The minimum Gasteiger partial charge on any atom is -0.384 e. The van der Waals surface area contributed by atoms with Gasteiger partial charge in [-0.3, -0.25) is 0 Å². The van der Waals surface area contributed by atoms with Gasteiger partial charge in [0, 0.05) is 5.56 Å². The lowest BCUT2D eigenvalue weighted by Crippen LogP contribution is -2.03. The lowest BCUT2D eigenvalue weighted by molar-refractivity contribution is 0.214. The molecule has 1 nitrogen and oxygen atoms in total. The van der Waals surface area contributed by atoms with Gasteiger partial charge in [-0.1, -0.05) is 41.5 Å². The van der Waals surface area contributed by atoms with Crippen LogP contribution in [0.5, 0.6) is 0 Å². The number of aryl methyl sites for hydroxylation is 2. The van der Waals surface area contributed by atoms with E-state index in [4.69, 9.17) is 0 Å². The molecule has 2 rings (SSSR count). The first kappa shape index (κ1) is 13.2. The van der Waals surface area contributed by atoms with E-state index in [0.29, 0.717) is 10.0 Å². The Morgan fingerprint density at radius 1 is 1.11 bits per heavy atom. The van der Waals surface area contributed by atoms with Gasteiger partial charge in [0.1, 0.15) is 11.9 Å². The van der Waals surface area contributed by atoms with Gasteiger partial charge in [0.2, 0.25) is 0 Å². The Morgan fingerprint density at radius 3 is 2.33 bits per heavy atom. The summed E-state index contributed by atoms with van der Waals surface area (Å²) in [6, 6.07) is 10.7. The Bertz CT molecular complexity index is 560. The van der Waals surface area contributed by atoms with E-state index in [1.807, 2.05) is 32.0 Å². The van der Waals surface area contributed by atoms with E-state index in [1.165, 1.54) is 0 Å². The molecule has 0 bridgehead atoms. The fraction of sp³-hybridized carbons (Fsp3) is 0.200. The van der Waals surface area contributed by atoms with E-state index in [9.17, 15) is 9.50 Å². The second-order valence-electron chi connectivity index (χ2n) is 4.47. The summed E-state index contributed by atoms with van der Waals surface area (Å²) in [4.78, 5) is 0. The highest BCUT2D eigenvalue weighted by Crippen LogP contribution is 2.29. The van der Waals surface area contributed by atoms with Crippen LogP contribution in [0.15, 0.2) is 40.9 Å². The van der Waals surface area contributed by atoms with Gasteiger partial charge in [-0.2, -0.15) is 0 Å². The van der Waals surface area contributed by atoms with Crippen molar-refractivity contribution in [3.05, 3.63) is 68.9 Å². The quantitative estimate of drug-likeness (QED) is 0.877. The van der Waals surface area contributed by atoms with Gasteiger partial charge in [0.25, 0.3) is 0 Å².